The molecule has 1 aliphatic heterocycles. The molecule has 6 heteroatoms. The summed E-state index contributed by atoms with van der Waals surface area (Å²) in [7, 11) is 0. The van der Waals surface area contributed by atoms with Crippen LogP contribution in [-0.4, -0.2) is 52.6 Å². The van der Waals surface area contributed by atoms with Crippen LogP contribution in [0.2, 0.25) is 0 Å². The smallest absolute Gasteiger partial charge is 0.279 e. The molecule has 1 unspecified atom stereocenters. The second-order valence-corrected chi connectivity index (χ2v) is 4.28. The molecule has 0 saturated carbocycles. The van der Waals surface area contributed by atoms with Crippen molar-refractivity contribution in [1.29, 1.82) is 0 Å². The van der Waals surface area contributed by atoms with Crippen LogP contribution in [0.1, 0.15) is 13.3 Å². The average molecular weight is 232 g/mol. The van der Waals surface area contributed by atoms with Gasteiger partial charge in [0.25, 0.3) is 5.24 Å². The van der Waals surface area contributed by atoms with Crippen LogP contribution in [0.25, 0.3) is 0 Å². The quantitative estimate of drug-likeness (QED) is 0.702. The highest BCUT2D eigenvalue weighted by Gasteiger charge is 2.30. The van der Waals surface area contributed by atoms with Crippen molar-refractivity contribution in [2.45, 2.75) is 19.4 Å². The van der Waals surface area contributed by atoms with E-state index in [1.807, 2.05) is 6.92 Å². The van der Waals surface area contributed by atoms with Crippen molar-refractivity contribution in [2.75, 3.05) is 25.4 Å². The summed E-state index contributed by atoms with van der Waals surface area (Å²) in [5.41, 5.74) is 0. The predicted octanol–water partition coefficient (Wildman–Crippen LogP) is 0.0423. The van der Waals surface area contributed by atoms with E-state index in [4.69, 9.17) is 5.11 Å². The van der Waals surface area contributed by atoms with Gasteiger partial charge in [-0.1, -0.05) is 11.8 Å². The number of hydrogen-bond acceptors (Lipinski definition) is 4. The van der Waals surface area contributed by atoms with E-state index in [1.54, 1.807) is 4.90 Å². The van der Waals surface area contributed by atoms with E-state index in [1.165, 1.54) is 0 Å². The maximum absolute atomic E-state index is 11.8. The number of nitrogens with zero attached hydrogens (tertiary/aromatic N) is 1. The number of carbonyl (C=O) groups excluding carboxylic acids is 2. The van der Waals surface area contributed by atoms with Crippen LogP contribution in [-0.2, 0) is 4.79 Å². The Bertz CT molecular complexity index is 248. The zero-order valence-corrected chi connectivity index (χ0v) is 9.55. The van der Waals surface area contributed by atoms with Gasteiger partial charge in [0, 0.05) is 25.4 Å². The lowest BCUT2D eigenvalue weighted by atomic mass is 10.2. The number of nitrogens with one attached hydrogen (secondary N) is 1. The minimum atomic E-state index is -0.388. The molecule has 2 N–H and O–H groups in total. The first-order valence-corrected chi connectivity index (χ1v) is 6.00. The van der Waals surface area contributed by atoms with Crippen LogP contribution < -0.4 is 5.32 Å². The number of amides is 2. The zero-order chi connectivity index (χ0) is 11.3. The van der Waals surface area contributed by atoms with Gasteiger partial charge in [-0.25, -0.2) is 0 Å². The number of likely N-dealkylation sites (N-methyl/N-ethyl adjacent to an activating group) is 1. The molecule has 0 aromatic carbocycles. The normalized spacial score (nSPS) is 20.1. The fraction of sp³-hybridized carbons (Fsp3) is 0.778. The molecule has 15 heavy (non-hydrogen) atoms. The van der Waals surface area contributed by atoms with Crippen molar-refractivity contribution in [3.8, 4) is 0 Å². The van der Waals surface area contributed by atoms with Crippen LogP contribution in [0.3, 0.4) is 0 Å². The standard InChI is InChI=1S/C9H16N2O3S/c1-2-11(4-3-5-12)8(13)7-6-15-9(14)10-7/h7,12H,2-6H2,1H3,(H,10,14). The van der Waals surface area contributed by atoms with Crippen LogP contribution in [0.15, 0.2) is 0 Å². The Kier molecular flexibility index (Phi) is 4.90. The van der Waals surface area contributed by atoms with Crippen molar-refractivity contribution in [1.82, 2.24) is 10.2 Å². The van der Waals surface area contributed by atoms with Crippen LogP contribution in [0.4, 0.5) is 4.79 Å². The number of thioether (sulfide) groups is 1. The average Bonchev–Trinajstić information content (AvgIpc) is 2.65. The van der Waals surface area contributed by atoms with Crippen LogP contribution in [0, 0.1) is 0 Å². The number of carbonyl (C=O) groups is 2. The van der Waals surface area contributed by atoms with E-state index in [9.17, 15) is 9.59 Å². The van der Waals surface area contributed by atoms with Gasteiger partial charge in [0.2, 0.25) is 5.91 Å². The zero-order valence-electron chi connectivity index (χ0n) is 8.73. The summed E-state index contributed by atoms with van der Waals surface area (Å²) in [6.45, 7) is 3.12. The summed E-state index contributed by atoms with van der Waals surface area (Å²) in [4.78, 5) is 24.4. The third-order valence-corrected chi connectivity index (χ3v) is 3.13. The van der Waals surface area contributed by atoms with Crippen molar-refractivity contribution >= 4 is 22.9 Å². The lowest BCUT2D eigenvalue weighted by Gasteiger charge is -2.23. The summed E-state index contributed by atoms with van der Waals surface area (Å²) in [6, 6.07) is -0.388. The Labute approximate surface area is 93.2 Å². The highest BCUT2D eigenvalue weighted by molar-refractivity contribution is 8.14. The number of rotatable bonds is 5. The molecule has 0 radical (unpaired) electrons. The summed E-state index contributed by atoms with van der Waals surface area (Å²) < 4.78 is 0. The fourth-order valence-corrected chi connectivity index (χ4v) is 2.19. The fourth-order valence-electron chi connectivity index (χ4n) is 1.42. The first-order chi connectivity index (χ1) is 7.19. The molecule has 0 bridgehead atoms. The molecular formula is C9H16N2O3S. The largest absolute Gasteiger partial charge is 0.396 e. The molecule has 1 fully saturated rings. The summed E-state index contributed by atoms with van der Waals surface area (Å²) >= 11 is 1.14. The van der Waals surface area contributed by atoms with Crippen molar-refractivity contribution < 1.29 is 14.7 Å². The van der Waals surface area contributed by atoms with Gasteiger partial charge in [0.15, 0.2) is 0 Å². The Hall–Kier alpha value is -0.750. The highest BCUT2D eigenvalue weighted by atomic mass is 32.2. The molecule has 1 saturated heterocycles. The van der Waals surface area contributed by atoms with E-state index in [0.717, 1.165) is 11.8 Å². The third kappa shape index (κ3) is 3.39. The van der Waals surface area contributed by atoms with Gasteiger partial charge >= 0.3 is 0 Å². The summed E-state index contributed by atoms with van der Waals surface area (Å²) in [6.07, 6.45) is 0.577. The van der Waals surface area contributed by atoms with Crippen molar-refractivity contribution in [3.05, 3.63) is 0 Å². The first kappa shape index (κ1) is 12.3. The molecule has 86 valence electrons. The number of aliphatic hydroxyl groups excluding tert-OH is 1. The van der Waals surface area contributed by atoms with E-state index >= 15 is 0 Å². The molecule has 1 rings (SSSR count). The molecule has 1 aliphatic rings. The predicted molar refractivity (Wildman–Crippen MR) is 58.7 cm³/mol. The van der Waals surface area contributed by atoms with E-state index in [-0.39, 0.29) is 23.8 Å². The lowest BCUT2D eigenvalue weighted by Crippen LogP contribution is -2.46. The van der Waals surface area contributed by atoms with Gasteiger partial charge in [-0.05, 0) is 13.3 Å². The Morgan fingerprint density at radius 2 is 2.47 bits per heavy atom. The summed E-state index contributed by atoms with van der Waals surface area (Å²) in [5, 5.41) is 11.2. The summed E-state index contributed by atoms with van der Waals surface area (Å²) in [5.74, 6) is 0.456. The van der Waals surface area contributed by atoms with E-state index in [2.05, 4.69) is 5.32 Å². The lowest BCUT2D eigenvalue weighted by molar-refractivity contribution is -0.132. The molecule has 0 aromatic heterocycles. The molecule has 0 aliphatic carbocycles. The van der Waals surface area contributed by atoms with Gasteiger partial charge in [-0.15, -0.1) is 0 Å². The highest BCUT2D eigenvalue weighted by Crippen LogP contribution is 2.14. The first-order valence-electron chi connectivity index (χ1n) is 5.02. The maximum Gasteiger partial charge on any atom is 0.279 e. The maximum atomic E-state index is 11.8. The monoisotopic (exact) mass is 232 g/mol. The minimum Gasteiger partial charge on any atom is -0.396 e. The molecule has 1 atom stereocenters. The van der Waals surface area contributed by atoms with E-state index < -0.39 is 0 Å². The van der Waals surface area contributed by atoms with E-state index in [0.29, 0.717) is 25.3 Å². The van der Waals surface area contributed by atoms with Crippen LogP contribution in [0.5, 0.6) is 0 Å². The van der Waals surface area contributed by atoms with Crippen molar-refractivity contribution in [3.63, 3.8) is 0 Å². The van der Waals surface area contributed by atoms with Gasteiger partial charge in [-0.2, -0.15) is 0 Å². The van der Waals surface area contributed by atoms with Gasteiger partial charge in [-0.3, -0.25) is 9.59 Å². The number of aliphatic hydroxyl groups is 1. The topological polar surface area (TPSA) is 69.6 Å². The van der Waals surface area contributed by atoms with Crippen molar-refractivity contribution in [2.24, 2.45) is 0 Å². The second kappa shape index (κ2) is 5.97. The molecular weight excluding hydrogens is 216 g/mol. The van der Waals surface area contributed by atoms with Crippen LogP contribution >= 0.6 is 11.8 Å². The molecule has 1 heterocycles. The SMILES string of the molecule is CCN(CCCO)C(=O)C1CSC(=O)N1. The third-order valence-electron chi connectivity index (χ3n) is 2.25. The minimum absolute atomic E-state index is 0.0516. The van der Waals surface area contributed by atoms with Gasteiger partial charge in [0.1, 0.15) is 6.04 Å². The second-order valence-electron chi connectivity index (χ2n) is 3.29. The Morgan fingerprint density at radius 3 is 2.93 bits per heavy atom. The molecule has 5 nitrogen and oxygen atoms in total. The Balaban J connectivity index is 2.45. The molecule has 2 amide bonds. The van der Waals surface area contributed by atoms with Gasteiger partial charge in [0.05, 0.1) is 0 Å². The Morgan fingerprint density at radius 1 is 1.73 bits per heavy atom. The molecule has 0 aromatic rings. The van der Waals surface area contributed by atoms with Gasteiger partial charge < -0.3 is 15.3 Å². The number of hydrogen-bond donors (Lipinski definition) is 2. The molecule has 0 spiro atoms.